The smallest absolute Gasteiger partial charge is 0.123 e. The number of ether oxygens (including phenoxy) is 1. The van der Waals surface area contributed by atoms with Gasteiger partial charge in [-0.05, 0) is 29.8 Å². The van der Waals surface area contributed by atoms with Crippen molar-refractivity contribution in [2.24, 2.45) is 0 Å². The van der Waals surface area contributed by atoms with Crippen molar-refractivity contribution in [1.82, 2.24) is 4.90 Å². The van der Waals surface area contributed by atoms with Gasteiger partial charge in [-0.25, -0.2) is 4.39 Å². The van der Waals surface area contributed by atoms with E-state index in [1.165, 1.54) is 12.1 Å². The SMILES string of the molecule is C#CCOCC(O)CN(Cc1cccc(F)c1)Cc1ccco1. The molecule has 1 atom stereocenters. The lowest BCUT2D eigenvalue weighted by molar-refractivity contribution is 0.0230. The van der Waals surface area contributed by atoms with Gasteiger partial charge in [0.25, 0.3) is 0 Å². The van der Waals surface area contributed by atoms with E-state index in [2.05, 4.69) is 5.92 Å². The Morgan fingerprint density at radius 2 is 2.17 bits per heavy atom. The summed E-state index contributed by atoms with van der Waals surface area (Å²) in [5.41, 5.74) is 0.827. The Morgan fingerprint density at radius 1 is 1.30 bits per heavy atom. The van der Waals surface area contributed by atoms with Crippen LogP contribution in [0.2, 0.25) is 0 Å². The highest BCUT2D eigenvalue weighted by Gasteiger charge is 2.14. The number of aliphatic hydroxyl groups excluding tert-OH is 1. The van der Waals surface area contributed by atoms with Crippen LogP contribution in [0.3, 0.4) is 0 Å². The van der Waals surface area contributed by atoms with Crippen LogP contribution in [0.1, 0.15) is 11.3 Å². The van der Waals surface area contributed by atoms with Crippen LogP contribution in [0.5, 0.6) is 0 Å². The normalized spacial score (nSPS) is 12.3. The Labute approximate surface area is 135 Å². The fraction of sp³-hybridized carbons (Fsp3) is 0.333. The summed E-state index contributed by atoms with van der Waals surface area (Å²) >= 11 is 0. The fourth-order valence-corrected chi connectivity index (χ4v) is 2.31. The Morgan fingerprint density at radius 3 is 2.87 bits per heavy atom. The maximum Gasteiger partial charge on any atom is 0.123 e. The molecule has 0 saturated carbocycles. The summed E-state index contributed by atoms with van der Waals surface area (Å²) in [6.07, 6.45) is 6.02. The second kappa shape index (κ2) is 9.11. The van der Waals surface area contributed by atoms with Crippen molar-refractivity contribution in [1.29, 1.82) is 0 Å². The predicted molar refractivity (Wildman–Crippen MR) is 84.9 cm³/mol. The van der Waals surface area contributed by atoms with Gasteiger partial charge in [0, 0.05) is 13.1 Å². The number of halogens is 1. The van der Waals surface area contributed by atoms with Crippen molar-refractivity contribution in [3.05, 3.63) is 59.8 Å². The van der Waals surface area contributed by atoms with E-state index >= 15 is 0 Å². The van der Waals surface area contributed by atoms with Crippen molar-refractivity contribution < 1.29 is 18.7 Å². The van der Waals surface area contributed by atoms with Crippen LogP contribution in [0.15, 0.2) is 47.1 Å². The van der Waals surface area contributed by atoms with E-state index in [0.29, 0.717) is 19.6 Å². The van der Waals surface area contributed by atoms with Gasteiger partial charge in [0.15, 0.2) is 0 Å². The van der Waals surface area contributed by atoms with Crippen LogP contribution >= 0.6 is 0 Å². The van der Waals surface area contributed by atoms with Crippen molar-refractivity contribution in [2.75, 3.05) is 19.8 Å². The van der Waals surface area contributed by atoms with E-state index < -0.39 is 6.10 Å². The first-order valence-electron chi connectivity index (χ1n) is 7.36. The lowest BCUT2D eigenvalue weighted by Crippen LogP contribution is -2.34. The maximum atomic E-state index is 13.3. The van der Waals surface area contributed by atoms with Gasteiger partial charge in [0.2, 0.25) is 0 Å². The molecule has 122 valence electrons. The van der Waals surface area contributed by atoms with Gasteiger partial charge in [-0.1, -0.05) is 18.1 Å². The molecule has 0 bridgehead atoms. The van der Waals surface area contributed by atoms with Gasteiger partial charge < -0.3 is 14.3 Å². The topological polar surface area (TPSA) is 45.8 Å². The summed E-state index contributed by atoms with van der Waals surface area (Å²) in [6, 6.07) is 10.1. The molecule has 0 amide bonds. The minimum atomic E-state index is -0.688. The van der Waals surface area contributed by atoms with E-state index in [1.54, 1.807) is 12.3 Å². The third kappa shape index (κ3) is 6.25. The van der Waals surface area contributed by atoms with Gasteiger partial charge in [0.1, 0.15) is 18.2 Å². The average molecular weight is 317 g/mol. The van der Waals surface area contributed by atoms with Gasteiger partial charge in [0.05, 0.1) is 25.5 Å². The number of hydrogen-bond donors (Lipinski definition) is 1. The quantitative estimate of drug-likeness (QED) is 0.570. The Hall–Kier alpha value is -2.13. The Balaban J connectivity index is 1.98. The van der Waals surface area contributed by atoms with Crippen LogP contribution < -0.4 is 0 Å². The molecule has 0 aliphatic carbocycles. The minimum Gasteiger partial charge on any atom is -0.468 e. The molecular formula is C18H20FNO3. The highest BCUT2D eigenvalue weighted by molar-refractivity contribution is 5.16. The summed E-state index contributed by atoms with van der Waals surface area (Å²) in [5, 5.41) is 10.1. The van der Waals surface area contributed by atoms with Gasteiger partial charge in [-0.2, -0.15) is 0 Å². The summed E-state index contributed by atoms with van der Waals surface area (Å²) in [7, 11) is 0. The number of benzene rings is 1. The number of hydrogen-bond acceptors (Lipinski definition) is 4. The number of furan rings is 1. The number of rotatable bonds is 9. The highest BCUT2D eigenvalue weighted by atomic mass is 19.1. The predicted octanol–water partition coefficient (Wildman–Crippen LogP) is 2.43. The molecule has 1 unspecified atom stereocenters. The molecular weight excluding hydrogens is 297 g/mol. The zero-order valence-corrected chi connectivity index (χ0v) is 12.8. The molecule has 5 heteroatoms. The van der Waals surface area contributed by atoms with Crippen LogP contribution in [0.4, 0.5) is 4.39 Å². The molecule has 1 aromatic carbocycles. The Bertz CT molecular complexity index is 621. The van der Waals surface area contributed by atoms with E-state index in [-0.39, 0.29) is 19.0 Å². The molecule has 23 heavy (non-hydrogen) atoms. The first-order chi connectivity index (χ1) is 11.2. The number of terminal acetylenes is 1. The molecule has 0 aliphatic heterocycles. The second-order valence-corrected chi connectivity index (χ2v) is 5.25. The Kier molecular flexibility index (Phi) is 6.82. The van der Waals surface area contributed by atoms with Crippen LogP contribution in [0, 0.1) is 18.2 Å². The number of aliphatic hydroxyl groups is 1. The zero-order chi connectivity index (χ0) is 16.5. The molecule has 2 aromatic rings. The second-order valence-electron chi connectivity index (χ2n) is 5.25. The first-order valence-corrected chi connectivity index (χ1v) is 7.36. The fourth-order valence-electron chi connectivity index (χ4n) is 2.31. The van der Waals surface area contributed by atoms with Gasteiger partial charge >= 0.3 is 0 Å². The van der Waals surface area contributed by atoms with E-state index in [1.807, 2.05) is 23.1 Å². The largest absolute Gasteiger partial charge is 0.468 e. The lowest BCUT2D eigenvalue weighted by atomic mass is 10.2. The van der Waals surface area contributed by atoms with Gasteiger partial charge in [-0.3, -0.25) is 4.90 Å². The van der Waals surface area contributed by atoms with Crippen molar-refractivity contribution in [2.45, 2.75) is 19.2 Å². The summed E-state index contributed by atoms with van der Waals surface area (Å²) in [4.78, 5) is 1.97. The van der Waals surface area contributed by atoms with E-state index in [9.17, 15) is 9.50 Å². The van der Waals surface area contributed by atoms with Crippen molar-refractivity contribution in [3.8, 4) is 12.3 Å². The first kappa shape index (κ1) is 17.2. The van der Waals surface area contributed by atoms with E-state index in [4.69, 9.17) is 15.6 Å². The van der Waals surface area contributed by atoms with Crippen LogP contribution in [-0.2, 0) is 17.8 Å². The molecule has 0 saturated heterocycles. The molecule has 0 fully saturated rings. The monoisotopic (exact) mass is 317 g/mol. The molecule has 0 aliphatic rings. The standard InChI is InChI=1S/C18H20FNO3/c1-2-8-22-14-17(21)12-20(13-18-7-4-9-23-18)11-15-5-3-6-16(19)10-15/h1,3-7,9-10,17,21H,8,11-14H2. The lowest BCUT2D eigenvalue weighted by Gasteiger charge is -2.24. The molecule has 0 spiro atoms. The summed E-state index contributed by atoms with van der Waals surface area (Å²) in [6.45, 7) is 1.68. The third-order valence-corrected chi connectivity index (χ3v) is 3.22. The van der Waals surface area contributed by atoms with Gasteiger partial charge in [-0.15, -0.1) is 6.42 Å². The number of nitrogens with zero attached hydrogens (tertiary/aromatic N) is 1. The minimum absolute atomic E-state index is 0.155. The van der Waals surface area contributed by atoms with E-state index in [0.717, 1.165) is 11.3 Å². The molecule has 1 N–H and O–H groups in total. The molecule has 4 nitrogen and oxygen atoms in total. The highest BCUT2D eigenvalue weighted by Crippen LogP contribution is 2.12. The summed E-state index contributed by atoms with van der Waals surface area (Å²) < 4.78 is 23.8. The molecule has 1 aromatic heterocycles. The van der Waals surface area contributed by atoms with Crippen LogP contribution in [-0.4, -0.2) is 35.9 Å². The van der Waals surface area contributed by atoms with Crippen LogP contribution in [0.25, 0.3) is 0 Å². The zero-order valence-electron chi connectivity index (χ0n) is 12.8. The third-order valence-electron chi connectivity index (χ3n) is 3.22. The molecule has 0 radical (unpaired) electrons. The summed E-state index contributed by atoms with van der Waals surface area (Å²) in [5.74, 6) is 2.85. The van der Waals surface area contributed by atoms with Crippen molar-refractivity contribution >= 4 is 0 Å². The maximum absolute atomic E-state index is 13.3. The molecule has 1 heterocycles. The molecule has 2 rings (SSSR count). The average Bonchev–Trinajstić information content (AvgIpc) is 3.00. The van der Waals surface area contributed by atoms with Crippen molar-refractivity contribution in [3.63, 3.8) is 0 Å².